The van der Waals surface area contributed by atoms with Crippen LogP contribution in [0.1, 0.15) is 58.3 Å². The van der Waals surface area contributed by atoms with Crippen molar-refractivity contribution < 1.29 is 13.2 Å². The van der Waals surface area contributed by atoms with Crippen LogP contribution in [0.2, 0.25) is 0 Å². The van der Waals surface area contributed by atoms with Crippen molar-refractivity contribution in [3.05, 3.63) is 0 Å². The summed E-state index contributed by atoms with van der Waals surface area (Å²) in [5.74, 6) is 0.0481. The first-order chi connectivity index (χ1) is 10.0. The number of nitrogens with zero attached hydrogens (tertiary/aromatic N) is 1. The van der Waals surface area contributed by atoms with E-state index in [2.05, 4.69) is 4.72 Å². The Morgan fingerprint density at radius 1 is 1.33 bits per heavy atom. The molecule has 1 N–H and O–H groups in total. The molecule has 0 aromatic carbocycles. The lowest BCUT2D eigenvalue weighted by Gasteiger charge is -2.57. The van der Waals surface area contributed by atoms with Crippen LogP contribution in [0.4, 0.5) is 0 Å². The number of nitriles is 1. The van der Waals surface area contributed by atoms with Crippen LogP contribution in [0.25, 0.3) is 0 Å². The average molecular weight is 314 g/mol. The second-order valence-electron chi connectivity index (χ2n) is 6.22. The maximum atomic E-state index is 12.1. The van der Waals surface area contributed by atoms with E-state index in [0.29, 0.717) is 13.0 Å². The van der Waals surface area contributed by atoms with Gasteiger partial charge in [0, 0.05) is 24.5 Å². The lowest BCUT2D eigenvalue weighted by Crippen LogP contribution is -2.65. The van der Waals surface area contributed by atoms with Gasteiger partial charge in [-0.25, -0.2) is 13.1 Å². The molecular weight excluding hydrogens is 288 g/mol. The summed E-state index contributed by atoms with van der Waals surface area (Å²) in [5.41, 5.74) is 0.0105. The van der Waals surface area contributed by atoms with Crippen LogP contribution in [-0.2, 0) is 14.8 Å². The molecule has 2 aliphatic carbocycles. The van der Waals surface area contributed by atoms with E-state index < -0.39 is 10.0 Å². The maximum absolute atomic E-state index is 12.1. The third kappa shape index (κ3) is 3.77. The third-order valence-corrected chi connectivity index (χ3v) is 6.43. The Bertz CT molecular complexity index is 478. The summed E-state index contributed by atoms with van der Waals surface area (Å²) in [6.45, 7) is 2.68. The van der Waals surface area contributed by atoms with Gasteiger partial charge in [-0.3, -0.25) is 0 Å². The third-order valence-electron chi connectivity index (χ3n) is 4.96. The molecule has 0 radical (unpaired) electrons. The number of hydrogen-bond donors (Lipinski definition) is 1. The normalized spacial score (nSPS) is 28.0. The fourth-order valence-electron chi connectivity index (χ4n) is 3.85. The largest absolute Gasteiger partial charge is 0.378 e. The van der Waals surface area contributed by atoms with Crippen LogP contribution in [-0.4, -0.2) is 32.9 Å². The fraction of sp³-hybridized carbons (Fsp3) is 0.933. The Morgan fingerprint density at radius 3 is 2.67 bits per heavy atom. The van der Waals surface area contributed by atoms with Gasteiger partial charge < -0.3 is 4.74 Å². The van der Waals surface area contributed by atoms with E-state index in [1.54, 1.807) is 0 Å². The summed E-state index contributed by atoms with van der Waals surface area (Å²) in [7, 11) is -3.28. The van der Waals surface area contributed by atoms with E-state index in [1.165, 1.54) is 6.42 Å². The van der Waals surface area contributed by atoms with Gasteiger partial charge in [0.05, 0.1) is 17.9 Å². The summed E-state index contributed by atoms with van der Waals surface area (Å²) in [6.07, 6.45) is 7.36. The second kappa shape index (κ2) is 7.08. The molecule has 2 atom stereocenters. The fourth-order valence-corrected chi connectivity index (χ4v) is 5.25. The van der Waals surface area contributed by atoms with Crippen molar-refractivity contribution >= 4 is 10.0 Å². The molecule has 0 saturated heterocycles. The predicted octanol–water partition coefficient (Wildman–Crippen LogP) is 2.34. The molecule has 0 unspecified atom stereocenters. The molecule has 2 rings (SSSR count). The average Bonchev–Trinajstić information content (AvgIpc) is 2.47. The zero-order valence-electron chi connectivity index (χ0n) is 12.8. The molecular formula is C15H26N2O3S. The van der Waals surface area contributed by atoms with E-state index in [9.17, 15) is 8.42 Å². The summed E-state index contributed by atoms with van der Waals surface area (Å²) >= 11 is 0. The molecule has 0 aromatic heterocycles. The lowest BCUT2D eigenvalue weighted by atomic mass is 9.55. The summed E-state index contributed by atoms with van der Waals surface area (Å²) in [6, 6.07) is 2.01. The summed E-state index contributed by atoms with van der Waals surface area (Å²) in [5, 5.41) is 8.51. The van der Waals surface area contributed by atoms with Gasteiger partial charge in [-0.1, -0.05) is 19.3 Å². The molecule has 2 saturated carbocycles. The molecule has 6 heteroatoms. The number of nitrogens with one attached hydrogen (secondary N) is 1. The molecule has 0 bridgehead atoms. The van der Waals surface area contributed by atoms with Gasteiger partial charge in [0.1, 0.15) is 0 Å². The van der Waals surface area contributed by atoms with Crippen molar-refractivity contribution in [2.75, 3.05) is 12.4 Å². The number of unbranched alkanes of at least 4 members (excludes halogenated alkanes) is 1. The Labute approximate surface area is 128 Å². The van der Waals surface area contributed by atoms with E-state index in [-0.39, 0.29) is 29.7 Å². The number of rotatable bonds is 7. The minimum absolute atomic E-state index is 0.0105. The molecule has 21 heavy (non-hydrogen) atoms. The van der Waals surface area contributed by atoms with Crippen LogP contribution >= 0.6 is 0 Å². The summed E-state index contributed by atoms with van der Waals surface area (Å²) in [4.78, 5) is 0. The zero-order valence-corrected chi connectivity index (χ0v) is 13.6. The molecule has 5 nitrogen and oxygen atoms in total. The Kier molecular flexibility index (Phi) is 5.64. The van der Waals surface area contributed by atoms with Crippen molar-refractivity contribution in [1.82, 2.24) is 4.72 Å². The predicted molar refractivity (Wildman–Crippen MR) is 81.1 cm³/mol. The van der Waals surface area contributed by atoms with Gasteiger partial charge in [-0.2, -0.15) is 5.26 Å². The first kappa shape index (κ1) is 16.7. The SMILES string of the molecule is CCO[C@H]1C[C@H](NS(=O)(=O)CCCC#N)C12CCCCC2. The first-order valence-corrected chi connectivity index (χ1v) is 9.68. The van der Waals surface area contributed by atoms with Crippen molar-refractivity contribution in [3.63, 3.8) is 0 Å². The summed E-state index contributed by atoms with van der Waals surface area (Å²) < 4.78 is 33.0. The standard InChI is InChI=1S/C15H26N2O3S/c1-2-20-14-12-13(15(14)8-4-3-5-9-15)17-21(18,19)11-7-6-10-16/h13-14,17H,2-9,11-12H2,1H3/t13-,14-/m0/s1. The van der Waals surface area contributed by atoms with Crippen molar-refractivity contribution in [3.8, 4) is 6.07 Å². The highest BCUT2D eigenvalue weighted by atomic mass is 32.2. The number of sulfonamides is 1. The van der Waals surface area contributed by atoms with Gasteiger partial charge in [0.15, 0.2) is 0 Å². The number of hydrogen-bond acceptors (Lipinski definition) is 4. The van der Waals surface area contributed by atoms with Crippen molar-refractivity contribution in [2.24, 2.45) is 5.41 Å². The highest BCUT2D eigenvalue weighted by molar-refractivity contribution is 7.89. The molecule has 2 aliphatic rings. The van der Waals surface area contributed by atoms with Gasteiger partial charge in [0.2, 0.25) is 10.0 Å². The minimum atomic E-state index is -3.28. The van der Waals surface area contributed by atoms with E-state index in [1.807, 2.05) is 13.0 Å². The van der Waals surface area contributed by atoms with Crippen LogP contribution in [0.3, 0.4) is 0 Å². The highest BCUT2D eigenvalue weighted by Gasteiger charge is 2.56. The smallest absolute Gasteiger partial charge is 0.211 e. The Morgan fingerprint density at radius 2 is 2.05 bits per heavy atom. The Balaban J connectivity index is 1.98. The van der Waals surface area contributed by atoms with Crippen LogP contribution in [0.5, 0.6) is 0 Å². The number of ether oxygens (including phenoxy) is 1. The van der Waals surface area contributed by atoms with Crippen molar-refractivity contribution in [2.45, 2.75) is 70.4 Å². The maximum Gasteiger partial charge on any atom is 0.211 e. The van der Waals surface area contributed by atoms with Crippen molar-refractivity contribution in [1.29, 1.82) is 5.26 Å². The molecule has 2 fully saturated rings. The Hall–Kier alpha value is -0.640. The van der Waals surface area contributed by atoms with E-state index >= 15 is 0 Å². The lowest BCUT2D eigenvalue weighted by molar-refractivity contribution is -0.144. The first-order valence-electron chi connectivity index (χ1n) is 8.02. The van der Waals surface area contributed by atoms with E-state index in [4.69, 9.17) is 10.00 Å². The van der Waals surface area contributed by atoms with Crippen LogP contribution < -0.4 is 4.72 Å². The quantitative estimate of drug-likeness (QED) is 0.731. The van der Waals surface area contributed by atoms with Crippen LogP contribution in [0, 0.1) is 16.7 Å². The molecule has 0 aromatic rings. The van der Waals surface area contributed by atoms with Gasteiger partial charge in [-0.15, -0.1) is 0 Å². The van der Waals surface area contributed by atoms with E-state index in [0.717, 1.165) is 32.1 Å². The molecule has 120 valence electrons. The highest BCUT2D eigenvalue weighted by Crippen LogP contribution is 2.53. The molecule has 1 spiro atoms. The monoisotopic (exact) mass is 314 g/mol. The molecule has 0 aliphatic heterocycles. The topological polar surface area (TPSA) is 79.2 Å². The molecule has 0 amide bonds. The zero-order chi connectivity index (χ0) is 15.3. The van der Waals surface area contributed by atoms with Gasteiger partial charge >= 0.3 is 0 Å². The van der Waals surface area contributed by atoms with Crippen LogP contribution in [0.15, 0.2) is 0 Å². The van der Waals surface area contributed by atoms with Gasteiger partial charge in [0.25, 0.3) is 0 Å². The van der Waals surface area contributed by atoms with Gasteiger partial charge in [-0.05, 0) is 32.6 Å². The minimum Gasteiger partial charge on any atom is -0.378 e. The second-order valence-corrected chi connectivity index (χ2v) is 8.10. The molecule has 0 heterocycles.